The second-order valence-electron chi connectivity index (χ2n) is 6.17. The second-order valence-corrected chi connectivity index (χ2v) is 6.17. The lowest BCUT2D eigenvalue weighted by molar-refractivity contribution is 0.341. The van der Waals surface area contributed by atoms with Crippen LogP contribution in [0.3, 0.4) is 0 Å². The van der Waals surface area contributed by atoms with E-state index < -0.39 is 0 Å². The molecule has 0 bridgehead atoms. The Kier molecular flexibility index (Phi) is 3.69. The lowest BCUT2D eigenvalue weighted by atomic mass is 9.85. The first kappa shape index (κ1) is 12.9. The molecule has 1 saturated heterocycles. The fourth-order valence-electron chi connectivity index (χ4n) is 3.63. The van der Waals surface area contributed by atoms with E-state index in [2.05, 4.69) is 14.9 Å². The Morgan fingerprint density at radius 2 is 2.00 bits per heavy atom. The van der Waals surface area contributed by atoms with E-state index in [-0.39, 0.29) is 6.04 Å². The highest BCUT2D eigenvalue weighted by atomic mass is 15.3. The predicted octanol–water partition coefficient (Wildman–Crippen LogP) is 2.14. The molecule has 2 aliphatic rings. The first-order valence-corrected chi connectivity index (χ1v) is 7.57. The number of aromatic nitrogens is 2. The van der Waals surface area contributed by atoms with Crippen LogP contribution in [0.4, 0.5) is 5.95 Å². The smallest absolute Gasteiger partial charge is 0.225 e. The molecule has 1 saturated carbocycles. The normalized spacial score (nSPS) is 28.2. The largest absolute Gasteiger partial charge is 0.338 e. The Bertz CT molecular complexity index is 415. The third-order valence-electron chi connectivity index (χ3n) is 4.52. The van der Waals surface area contributed by atoms with Crippen molar-refractivity contribution >= 4 is 5.95 Å². The van der Waals surface area contributed by atoms with E-state index in [1.54, 1.807) is 0 Å². The molecule has 1 aromatic rings. The van der Waals surface area contributed by atoms with Crippen molar-refractivity contribution in [2.75, 3.05) is 11.4 Å². The van der Waals surface area contributed by atoms with Gasteiger partial charge in [0.15, 0.2) is 0 Å². The summed E-state index contributed by atoms with van der Waals surface area (Å²) in [6, 6.07) is 0.858. The number of hydrogen-bond acceptors (Lipinski definition) is 4. The number of hydrogen-bond donors (Lipinski definition) is 1. The van der Waals surface area contributed by atoms with Crippen LogP contribution in [0.1, 0.15) is 44.6 Å². The van der Waals surface area contributed by atoms with Gasteiger partial charge in [-0.3, -0.25) is 0 Å². The van der Waals surface area contributed by atoms with Gasteiger partial charge in [0.2, 0.25) is 5.95 Å². The van der Waals surface area contributed by atoms with E-state index in [1.807, 2.05) is 19.3 Å². The highest BCUT2D eigenvalue weighted by Gasteiger charge is 2.36. The van der Waals surface area contributed by atoms with Gasteiger partial charge in [-0.1, -0.05) is 12.8 Å². The van der Waals surface area contributed by atoms with E-state index in [0.717, 1.165) is 30.4 Å². The Balaban J connectivity index is 1.71. The zero-order valence-corrected chi connectivity index (χ0v) is 11.8. The minimum atomic E-state index is 0.170. The first-order chi connectivity index (χ1) is 9.24. The summed E-state index contributed by atoms with van der Waals surface area (Å²) in [5.41, 5.74) is 6.94. The summed E-state index contributed by atoms with van der Waals surface area (Å²) in [5.74, 6) is 1.80. The van der Waals surface area contributed by atoms with E-state index in [0.29, 0.717) is 6.04 Å². The third kappa shape index (κ3) is 2.73. The van der Waals surface area contributed by atoms with Gasteiger partial charge in [0.05, 0.1) is 0 Å². The molecule has 1 aliphatic heterocycles. The van der Waals surface area contributed by atoms with Crippen molar-refractivity contribution in [2.45, 2.75) is 57.5 Å². The van der Waals surface area contributed by atoms with E-state index in [1.165, 1.54) is 32.1 Å². The van der Waals surface area contributed by atoms with Gasteiger partial charge in [-0.2, -0.15) is 0 Å². The average Bonchev–Trinajstić information content (AvgIpc) is 2.83. The van der Waals surface area contributed by atoms with Crippen LogP contribution in [0.2, 0.25) is 0 Å². The summed E-state index contributed by atoms with van der Waals surface area (Å²) in [6.45, 7) is 3.14. The Labute approximate surface area is 115 Å². The molecule has 4 heteroatoms. The highest BCUT2D eigenvalue weighted by molar-refractivity contribution is 5.34. The van der Waals surface area contributed by atoms with Crippen molar-refractivity contribution < 1.29 is 0 Å². The Hall–Kier alpha value is -1.16. The summed E-state index contributed by atoms with van der Waals surface area (Å²) in [5, 5.41) is 0. The van der Waals surface area contributed by atoms with Gasteiger partial charge in [0.1, 0.15) is 0 Å². The number of nitrogens with two attached hydrogens (primary N) is 1. The van der Waals surface area contributed by atoms with Crippen molar-refractivity contribution in [3.8, 4) is 0 Å². The SMILES string of the molecule is CC(N)Cc1cnc(N2CCC3CCCCC32)nc1. The molecule has 1 aliphatic carbocycles. The fraction of sp³-hybridized carbons (Fsp3) is 0.733. The molecule has 2 fully saturated rings. The van der Waals surface area contributed by atoms with E-state index in [9.17, 15) is 0 Å². The standard InChI is InChI=1S/C15H24N4/c1-11(16)8-12-9-17-15(18-10-12)19-7-6-13-4-2-3-5-14(13)19/h9-11,13-14H,2-8,16H2,1H3. The molecule has 1 aromatic heterocycles. The molecule has 0 amide bonds. The molecular formula is C15H24N4. The second kappa shape index (κ2) is 5.45. The maximum atomic E-state index is 5.81. The zero-order valence-electron chi connectivity index (χ0n) is 11.8. The molecule has 3 rings (SSSR count). The summed E-state index contributed by atoms with van der Waals surface area (Å²) in [4.78, 5) is 11.6. The molecule has 4 nitrogen and oxygen atoms in total. The number of fused-ring (bicyclic) bond motifs is 1. The number of anilines is 1. The van der Waals surface area contributed by atoms with Crippen LogP contribution in [0.15, 0.2) is 12.4 Å². The molecular weight excluding hydrogens is 236 g/mol. The van der Waals surface area contributed by atoms with Crippen LogP contribution in [-0.2, 0) is 6.42 Å². The van der Waals surface area contributed by atoms with Crippen molar-refractivity contribution in [1.82, 2.24) is 9.97 Å². The summed E-state index contributed by atoms with van der Waals surface area (Å²) in [6.07, 6.45) is 11.5. The molecule has 0 aromatic carbocycles. The van der Waals surface area contributed by atoms with Gasteiger partial charge < -0.3 is 10.6 Å². The minimum Gasteiger partial charge on any atom is -0.338 e. The highest BCUT2D eigenvalue weighted by Crippen LogP contribution is 2.37. The number of rotatable bonds is 3. The molecule has 2 N–H and O–H groups in total. The van der Waals surface area contributed by atoms with Gasteiger partial charge in [0.25, 0.3) is 0 Å². The molecule has 2 heterocycles. The van der Waals surface area contributed by atoms with Crippen LogP contribution in [0, 0.1) is 5.92 Å². The van der Waals surface area contributed by atoms with Crippen LogP contribution >= 0.6 is 0 Å². The van der Waals surface area contributed by atoms with E-state index in [4.69, 9.17) is 5.73 Å². The van der Waals surface area contributed by atoms with Crippen molar-refractivity contribution in [3.63, 3.8) is 0 Å². The lowest BCUT2D eigenvalue weighted by Crippen LogP contribution is -2.35. The molecule has 0 radical (unpaired) electrons. The summed E-state index contributed by atoms with van der Waals surface area (Å²) >= 11 is 0. The fourth-order valence-corrected chi connectivity index (χ4v) is 3.63. The molecule has 19 heavy (non-hydrogen) atoms. The molecule has 0 spiro atoms. The van der Waals surface area contributed by atoms with Crippen LogP contribution < -0.4 is 10.6 Å². The van der Waals surface area contributed by atoms with Gasteiger partial charge in [-0.25, -0.2) is 9.97 Å². The summed E-state index contributed by atoms with van der Waals surface area (Å²) in [7, 11) is 0. The van der Waals surface area contributed by atoms with Gasteiger partial charge in [-0.05, 0) is 44.1 Å². The minimum absolute atomic E-state index is 0.170. The molecule has 104 valence electrons. The predicted molar refractivity (Wildman–Crippen MR) is 77.1 cm³/mol. The average molecular weight is 260 g/mol. The summed E-state index contributed by atoms with van der Waals surface area (Å²) < 4.78 is 0. The Morgan fingerprint density at radius 1 is 1.26 bits per heavy atom. The van der Waals surface area contributed by atoms with Crippen LogP contribution in [0.5, 0.6) is 0 Å². The quantitative estimate of drug-likeness (QED) is 0.904. The lowest BCUT2D eigenvalue weighted by Gasteiger charge is -2.31. The maximum absolute atomic E-state index is 5.81. The molecule has 3 atom stereocenters. The van der Waals surface area contributed by atoms with Crippen LogP contribution in [-0.4, -0.2) is 28.6 Å². The monoisotopic (exact) mass is 260 g/mol. The zero-order chi connectivity index (χ0) is 13.2. The van der Waals surface area contributed by atoms with Crippen LogP contribution in [0.25, 0.3) is 0 Å². The van der Waals surface area contributed by atoms with Gasteiger partial charge >= 0.3 is 0 Å². The topological polar surface area (TPSA) is 55.0 Å². The first-order valence-electron chi connectivity index (χ1n) is 7.57. The van der Waals surface area contributed by atoms with Crippen molar-refractivity contribution in [3.05, 3.63) is 18.0 Å². The number of nitrogens with zero attached hydrogens (tertiary/aromatic N) is 3. The maximum Gasteiger partial charge on any atom is 0.225 e. The molecule has 3 unspecified atom stereocenters. The van der Waals surface area contributed by atoms with Gasteiger partial charge in [-0.15, -0.1) is 0 Å². The van der Waals surface area contributed by atoms with Crippen molar-refractivity contribution in [1.29, 1.82) is 0 Å². The van der Waals surface area contributed by atoms with Gasteiger partial charge in [0, 0.05) is 31.0 Å². The van der Waals surface area contributed by atoms with Crippen molar-refractivity contribution in [2.24, 2.45) is 11.7 Å². The van der Waals surface area contributed by atoms with E-state index >= 15 is 0 Å². The Morgan fingerprint density at radius 3 is 2.74 bits per heavy atom. The third-order valence-corrected chi connectivity index (χ3v) is 4.52.